The van der Waals surface area contributed by atoms with E-state index in [2.05, 4.69) is 15.8 Å². The van der Waals surface area contributed by atoms with Crippen LogP contribution in [0.4, 0.5) is 5.69 Å². The number of aromatic nitrogens is 1. The summed E-state index contributed by atoms with van der Waals surface area (Å²) in [5.74, 6) is -0.241. The topological polar surface area (TPSA) is 110 Å². The molecule has 8 heteroatoms. The van der Waals surface area contributed by atoms with Crippen LogP contribution in [0.5, 0.6) is 0 Å². The zero-order valence-electron chi connectivity index (χ0n) is 19.3. The number of carbonyl (C=O) groups excluding carboxylic acids is 2. The summed E-state index contributed by atoms with van der Waals surface area (Å²) in [6, 6.07) is 14.9. The summed E-state index contributed by atoms with van der Waals surface area (Å²) < 4.78 is 5.29. The Labute approximate surface area is 204 Å². The van der Waals surface area contributed by atoms with Gasteiger partial charge in [-0.05, 0) is 63.3 Å². The summed E-state index contributed by atoms with van der Waals surface area (Å²) in [6.45, 7) is 3.57. The fourth-order valence-electron chi connectivity index (χ4n) is 4.27. The fraction of sp³-hybridized carbons (Fsp3) is 0.346. The number of nitrogens with one attached hydrogen (secondary N) is 2. The SMILES string of the molecule is Cc1onc(-c2ccccc2Cl)c1C(=O)Nc1ccc(C(C)C(=O)NC2CCC(N)CC2)cc1. The van der Waals surface area contributed by atoms with Gasteiger partial charge in [0, 0.05) is 23.3 Å². The second-order valence-corrected chi connectivity index (χ2v) is 9.27. The molecule has 1 heterocycles. The normalized spacial score (nSPS) is 18.8. The van der Waals surface area contributed by atoms with Gasteiger partial charge >= 0.3 is 0 Å². The molecule has 0 saturated heterocycles. The van der Waals surface area contributed by atoms with Gasteiger partial charge in [-0.1, -0.05) is 47.1 Å². The Hall–Kier alpha value is -3.16. The molecular formula is C26H29ClN4O3. The number of anilines is 1. The van der Waals surface area contributed by atoms with Gasteiger partial charge in [-0.2, -0.15) is 0 Å². The molecule has 2 amide bonds. The number of nitrogens with zero attached hydrogens (tertiary/aromatic N) is 1. The quantitative estimate of drug-likeness (QED) is 0.457. The first-order chi connectivity index (χ1) is 16.3. The molecule has 1 atom stereocenters. The van der Waals surface area contributed by atoms with E-state index in [1.165, 1.54) is 0 Å². The van der Waals surface area contributed by atoms with Gasteiger partial charge in [-0.25, -0.2) is 0 Å². The van der Waals surface area contributed by atoms with Crippen molar-refractivity contribution in [1.82, 2.24) is 10.5 Å². The molecule has 0 bridgehead atoms. The zero-order valence-corrected chi connectivity index (χ0v) is 20.1. The number of nitrogens with two attached hydrogens (primary N) is 1. The second-order valence-electron chi connectivity index (χ2n) is 8.86. The predicted octanol–water partition coefficient (Wildman–Crippen LogP) is 5.05. The summed E-state index contributed by atoms with van der Waals surface area (Å²) >= 11 is 6.29. The van der Waals surface area contributed by atoms with Gasteiger partial charge in [0.05, 0.1) is 10.9 Å². The van der Waals surface area contributed by atoms with Crippen molar-refractivity contribution in [2.24, 2.45) is 5.73 Å². The zero-order chi connectivity index (χ0) is 24.2. The third-order valence-electron chi connectivity index (χ3n) is 6.40. The molecule has 2 aromatic carbocycles. The maximum atomic E-state index is 13.0. The van der Waals surface area contributed by atoms with Crippen molar-refractivity contribution in [1.29, 1.82) is 0 Å². The molecule has 0 spiro atoms. The highest BCUT2D eigenvalue weighted by molar-refractivity contribution is 6.33. The minimum absolute atomic E-state index is 0.00161. The van der Waals surface area contributed by atoms with Crippen LogP contribution in [0.3, 0.4) is 0 Å². The molecule has 4 N–H and O–H groups in total. The number of amides is 2. The lowest BCUT2D eigenvalue weighted by Crippen LogP contribution is -2.42. The fourth-order valence-corrected chi connectivity index (χ4v) is 4.49. The molecule has 1 aliphatic carbocycles. The minimum Gasteiger partial charge on any atom is -0.360 e. The highest BCUT2D eigenvalue weighted by Crippen LogP contribution is 2.31. The van der Waals surface area contributed by atoms with Crippen molar-refractivity contribution in [3.8, 4) is 11.3 Å². The van der Waals surface area contributed by atoms with Crippen LogP contribution in [0.15, 0.2) is 53.1 Å². The second kappa shape index (κ2) is 10.4. The van der Waals surface area contributed by atoms with E-state index in [4.69, 9.17) is 21.9 Å². The van der Waals surface area contributed by atoms with Crippen molar-refractivity contribution in [3.63, 3.8) is 0 Å². The molecule has 34 heavy (non-hydrogen) atoms. The standard InChI is InChI=1S/C26H29ClN4O3/c1-15(25(32)29-20-13-9-18(28)10-14-20)17-7-11-19(12-8-17)30-26(33)23-16(2)34-31-24(23)21-5-3-4-6-22(21)27/h3-8,11-12,15,18,20H,9-10,13-14,28H2,1-2H3,(H,29,32)(H,30,33). The van der Waals surface area contributed by atoms with Crippen molar-refractivity contribution in [3.05, 3.63) is 70.4 Å². The van der Waals surface area contributed by atoms with Crippen molar-refractivity contribution in [2.45, 2.75) is 57.5 Å². The maximum Gasteiger partial charge on any atom is 0.261 e. The van der Waals surface area contributed by atoms with Gasteiger partial charge in [0.2, 0.25) is 5.91 Å². The van der Waals surface area contributed by atoms with E-state index in [1.54, 1.807) is 31.2 Å². The van der Waals surface area contributed by atoms with Crippen LogP contribution in [0.2, 0.25) is 5.02 Å². The van der Waals surface area contributed by atoms with E-state index < -0.39 is 0 Å². The number of hydrogen-bond acceptors (Lipinski definition) is 5. The number of carbonyl (C=O) groups is 2. The lowest BCUT2D eigenvalue weighted by atomic mass is 9.91. The van der Waals surface area contributed by atoms with E-state index in [0.717, 1.165) is 31.2 Å². The van der Waals surface area contributed by atoms with Crippen LogP contribution in [-0.4, -0.2) is 29.1 Å². The lowest BCUT2D eigenvalue weighted by Gasteiger charge is -2.28. The van der Waals surface area contributed by atoms with E-state index in [0.29, 0.717) is 33.3 Å². The molecular weight excluding hydrogens is 452 g/mol. The summed E-state index contributed by atoms with van der Waals surface area (Å²) in [4.78, 5) is 25.8. The molecule has 4 rings (SSSR count). The number of hydrogen-bond donors (Lipinski definition) is 3. The third kappa shape index (κ3) is 5.32. The van der Waals surface area contributed by atoms with Crippen LogP contribution in [-0.2, 0) is 4.79 Å². The maximum absolute atomic E-state index is 13.0. The highest BCUT2D eigenvalue weighted by atomic mass is 35.5. The Balaban J connectivity index is 1.42. The Morgan fingerprint density at radius 1 is 1.09 bits per heavy atom. The molecule has 1 unspecified atom stereocenters. The van der Waals surface area contributed by atoms with Crippen LogP contribution >= 0.6 is 11.6 Å². The average molecular weight is 481 g/mol. The van der Waals surface area contributed by atoms with Crippen LogP contribution in [0.25, 0.3) is 11.3 Å². The molecule has 1 saturated carbocycles. The first-order valence-corrected chi connectivity index (χ1v) is 11.9. The first-order valence-electron chi connectivity index (χ1n) is 11.5. The van der Waals surface area contributed by atoms with Gasteiger partial charge in [-0.3, -0.25) is 9.59 Å². The molecule has 1 fully saturated rings. The van der Waals surface area contributed by atoms with Crippen LogP contribution < -0.4 is 16.4 Å². The highest BCUT2D eigenvalue weighted by Gasteiger charge is 2.25. The minimum atomic E-state index is -0.345. The van der Waals surface area contributed by atoms with Gasteiger partial charge in [0.25, 0.3) is 5.91 Å². The Bertz CT molecular complexity index is 1170. The van der Waals surface area contributed by atoms with Crippen molar-refractivity contribution < 1.29 is 14.1 Å². The molecule has 3 aromatic rings. The molecule has 7 nitrogen and oxygen atoms in total. The van der Waals surface area contributed by atoms with Crippen LogP contribution in [0.1, 0.15) is 60.2 Å². The Kier molecular flexibility index (Phi) is 7.34. The molecule has 1 aliphatic rings. The molecule has 0 aliphatic heterocycles. The van der Waals surface area contributed by atoms with Crippen LogP contribution in [0, 0.1) is 6.92 Å². The summed E-state index contributed by atoms with van der Waals surface area (Å²) in [5.41, 5.74) is 8.79. The van der Waals surface area contributed by atoms with Gasteiger partial charge < -0.3 is 20.9 Å². The third-order valence-corrected chi connectivity index (χ3v) is 6.73. The number of benzene rings is 2. The van der Waals surface area contributed by atoms with Crippen molar-refractivity contribution in [2.75, 3.05) is 5.32 Å². The predicted molar refractivity (Wildman–Crippen MR) is 133 cm³/mol. The lowest BCUT2D eigenvalue weighted by molar-refractivity contribution is -0.123. The van der Waals surface area contributed by atoms with Gasteiger partial charge in [0.15, 0.2) is 0 Å². The largest absolute Gasteiger partial charge is 0.360 e. The van der Waals surface area contributed by atoms with E-state index in [1.807, 2.05) is 31.2 Å². The van der Waals surface area contributed by atoms with Gasteiger partial charge in [0.1, 0.15) is 17.0 Å². The summed E-state index contributed by atoms with van der Waals surface area (Å²) in [5, 5.41) is 10.6. The smallest absolute Gasteiger partial charge is 0.261 e. The average Bonchev–Trinajstić information content (AvgIpc) is 3.22. The summed E-state index contributed by atoms with van der Waals surface area (Å²) in [7, 11) is 0. The Morgan fingerprint density at radius 3 is 2.44 bits per heavy atom. The van der Waals surface area contributed by atoms with E-state index in [-0.39, 0.29) is 29.8 Å². The monoisotopic (exact) mass is 480 g/mol. The molecule has 0 radical (unpaired) electrons. The van der Waals surface area contributed by atoms with Gasteiger partial charge in [-0.15, -0.1) is 0 Å². The Morgan fingerprint density at radius 2 is 1.76 bits per heavy atom. The van der Waals surface area contributed by atoms with Crippen molar-refractivity contribution >= 4 is 29.1 Å². The number of aryl methyl sites for hydroxylation is 1. The van der Waals surface area contributed by atoms with E-state index in [9.17, 15) is 9.59 Å². The molecule has 178 valence electrons. The first kappa shape index (κ1) is 24.0. The summed E-state index contributed by atoms with van der Waals surface area (Å²) in [6.07, 6.45) is 3.72. The van der Waals surface area contributed by atoms with E-state index >= 15 is 0 Å². The number of halogens is 1. The number of rotatable bonds is 6. The molecule has 1 aromatic heterocycles.